The fourth-order valence-corrected chi connectivity index (χ4v) is 5.83. The third kappa shape index (κ3) is 10.00. The van der Waals surface area contributed by atoms with Crippen LogP contribution in [0.25, 0.3) is 0 Å². The van der Waals surface area contributed by atoms with Gasteiger partial charge in [-0.3, -0.25) is 13.9 Å². The van der Waals surface area contributed by atoms with Gasteiger partial charge in [0, 0.05) is 37.5 Å². The van der Waals surface area contributed by atoms with E-state index in [4.69, 9.17) is 23.2 Å². The number of nitrogens with zero attached hydrogens (tertiary/aromatic N) is 2. The molecule has 3 aromatic rings. The van der Waals surface area contributed by atoms with Crippen LogP contribution in [0.5, 0.6) is 0 Å². The normalized spacial score (nSPS) is 12.2. The topological polar surface area (TPSA) is 86.8 Å². The molecule has 3 aromatic carbocycles. The van der Waals surface area contributed by atoms with Gasteiger partial charge in [-0.05, 0) is 53.8 Å². The van der Waals surface area contributed by atoms with E-state index in [1.54, 1.807) is 18.2 Å². The van der Waals surface area contributed by atoms with Gasteiger partial charge in [-0.1, -0.05) is 79.5 Å². The number of sulfonamides is 1. The lowest BCUT2D eigenvalue weighted by atomic mass is 10.0. The molecule has 42 heavy (non-hydrogen) atoms. The molecule has 0 heterocycles. The molecule has 0 saturated heterocycles. The number of hydrogen-bond donors (Lipinski definition) is 1. The number of anilines is 1. The Morgan fingerprint density at radius 1 is 0.952 bits per heavy atom. The van der Waals surface area contributed by atoms with E-state index in [-0.39, 0.29) is 60.8 Å². The molecule has 11 heteroatoms. The largest absolute Gasteiger partial charge is 0.354 e. The summed E-state index contributed by atoms with van der Waals surface area (Å²) in [6, 6.07) is 18.8. The molecule has 0 aliphatic rings. The molecule has 3 rings (SSSR count). The van der Waals surface area contributed by atoms with E-state index >= 15 is 0 Å². The predicted molar refractivity (Wildman–Crippen MR) is 167 cm³/mol. The summed E-state index contributed by atoms with van der Waals surface area (Å²) in [5.74, 6) is -0.849. The first-order chi connectivity index (χ1) is 19.8. The predicted octanol–water partition coefficient (Wildman–Crippen LogP) is 6.09. The number of nitrogens with one attached hydrogen (secondary N) is 1. The molecular formula is C31H36Cl2FN3O4S. The molecule has 226 valence electrons. The molecule has 0 fully saturated rings. The second-order valence-corrected chi connectivity index (χ2v) is 13.3. The molecule has 1 N–H and O–H groups in total. The van der Waals surface area contributed by atoms with Crippen LogP contribution in [-0.4, -0.2) is 50.5 Å². The molecule has 0 saturated carbocycles. The highest BCUT2D eigenvalue weighted by Gasteiger charge is 2.31. The Bertz CT molecular complexity index is 1450. The summed E-state index contributed by atoms with van der Waals surface area (Å²) in [5.41, 5.74) is 1.75. The molecule has 2 amide bonds. The van der Waals surface area contributed by atoms with Crippen LogP contribution in [-0.2, 0) is 32.6 Å². The fourth-order valence-electron chi connectivity index (χ4n) is 4.42. The van der Waals surface area contributed by atoms with E-state index in [0.717, 1.165) is 16.1 Å². The zero-order valence-corrected chi connectivity index (χ0v) is 26.2. The van der Waals surface area contributed by atoms with Crippen LogP contribution in [0.3, 0.4) is 0 Å². The lowest BCUT2D eigenvalue weighted by Crippen LogP contribution is -2.51. The third-order valence-electron chi connectivity index (χ3n) is 6.55. The van der Waals surface area contributed by atoms with Gasteiger partial charge in [0.05, 0.1) is 17.0 Å². The summed E-state index contributed by atoms with van der Waals surface area (Å²) in [6.45, 7) is 4.44. The average Bonchev–Trinajstić information content (AvgIpc) is 2.94. The minimum atomic E-state index is -3.75. The fraction of sp³-hybridized carbons (Fsp3) is 0.355. The summed E-state index contributed by atoms with van der Waals surface area (Å²) >= 11 is 12.4. The van der Waals surface area contributed by atoms with E-state index < -0.39 is 21.9 Å². The van der Waals surface area contributed by atoms with Crippen molar-refractivity contribution in [2.24, 2.45) is 5.92 Å². The monoisotopic (exact) mass is 635 g/mol. The van der Waals surface area contributed by atoms with Gasteiger partial charge in [0.2, 0.25) is 21.8 Å². The molecule has 7 nitrogen and oxygen atoms in total. The van der Waals surface area contributed by atoms with Crippen molar-refractivity contribution in [3.63, 3.8) is 0 Å². The molecule has 0 aliphatic carbocycles. The Hall–Kier alpha value is -3.14. The molecular weight excluding hydrogens is 600 g/mol. The van der Waals surface area contributed by atoms with Gasteiger partial charge in [0.25, 0.3) is 0 Å². The van der Waals surface area contributed by atoms with Crippen molar-refractivity contribution in [1.82, 2.24) is 10.2 Å². The van der Waals surface area contributed by atoms with Gasteiger partial charge in [0.1, 0.15) is 11.9 Å². The van der Waals surface area contributed by atoms with Gasteiger partial charge in [0.15, 0.2) is 0 Å². The van der Waals surface area contributed by atoms with Gasteiger partial charge in [-0.15, -0.1) is 0 Å². The van der Waals surface area contributed by atoms with Gasteiger partial charge >= 0.3 is 0 Å². The minimum absolute atomic E-state index is 0.0298. The van der Waals surface area contributed by atoms with Crippen LogP contribution in [0.15, 0.2) is 72.8 Å². The van der Waals surface area contributed by atoms with E-state index in [9.17, 15) is 22.4 Å². The van der Waals surface area contributed by atoms with Crippen molar-refractivity contribution in [3.8, 4) is 0 Å². The number of halogens is 3. The Labute approximate surface area is 257 Å². The smallest absolute Gasteiger partial charge is 0.243 e. The van der Waals surface area contributed by atoms with Crippen molar-refractivity contribution in [1.29, 1.82) is 0 Å². The maximum Gasteiger partial charge on any atom is 0.243 e. The van der Waals surface area contributed by atoms with Gasteiger partial charge in [-0.25, -0.2) is 12.8 Å². The van der Waals surface area contributed by atoms with Gasteiger partial charge in [-0.2, -0.15) is 0 Å². The molecule has 1 atom stereocenters. The molecule has 0 bridgehead atoms. The number of benzene rings is 3. The van der Waals surface area contributed by atoms with Crippen molar-refractivity contribution in [3.05, 3.63) is 99.8 Å². The zero-order chi connectivity index (χ0) is 30.9. The van der Waals surface area contributed by atoms with E-state index in [0.29, 0.717) is 17.1 Å². The first kappa shape index (κ1) is 33.4. The number of amides is 2. The van der Waals surface area contributed by atoms with E-state index in [1.807, 2.05) is 44.2 Å². The third-order valence-corrected chi connectivity index (χ3v) is 8.29. The molecule has 0 unspecified atom stereocenters. The Morgan fingerprint density at radius 2 is 1.62 bits per heavy atom. The molecule has 0 radical (unpaired) electrons. The van der Waals surface area contributed by atoms with E-state index in [2.05, 4.69) is 5.32 Å². The summed E-state index contributed by atoms with van der Waals surface area (Å²) in [4.78, 5) is 28.9. The highest BCUT2D eigenvalue weighted by Crippen LogP contribution is 2.31. The SMILES string of the molecule is CC(C)CNC(=O)[C@H](Cc1ccccc1)N(Cc1ccc(F)cc1)C(=O)CCCN(c1cc(Cl)ccc1Cl)S(C)(=O)=O. The average molecular weight is 637 g/mol. The van der Waals surface area contributed by atoms with Crippen LogP contribution >= 0.6 is 23.2 Å². The molecule has 0 aliphatic heterocycles. The number of rotatable bonds is 14. The zero-order valence-electron chi connectivity index (χ0n) is 23.9. The lowest BCUT2D eigenvalue weighted by Gasteiger charge is -2.32. The van der Waals surface area contributed by atoms with Crippen LogP contribution in [0, 0.1) is 11.7 Å². The summed E-state index contributed by atoms with van der Waals surface area (Å²) < 4.78 is 40.1. The standard InChI is InChI=1S/C31H36Cl2FN3O4S/c1-22(2)20-35-31(39)29(18-23-8-5-4-6-9-23)36(21-24-11-14-26(34)15-12-24)30(38)10-7-17-37(42(3,40)41)28-19-25(32)13-16-27(28)33/h4-6,8-9,11-16,19,22,29H,7,10,17-18,20-21H2,1-3H3,(H,35,39)/t29-/m0/s1. The highest BCUT2D eigenvalue weighted by atomic mass is 35.5. The second kappa shape index (κ2) is 15.4. The first-order valence-electron chi connectivity index (χ1n) is 13.6. The Kier molecular flexibility index (Phi) is 12.2. The summed E-state index contributed by atoms with van der Waals surface area (Å²) in [6.07, 6.45) is 1.43. The summed E-state index contributed by atoms with van der Waals surface area (Å²) in [7, 11) is -3.75. The summed E-state index contributed by atoms with van der Waals surface area (Å²) in [5, 5.41) is 3.48. The molecule has 0 spiro atoms. The second-order valence-electron chi connectivity index (χ2n) is 10.5. The Balaban J connectivity index is 1.89. The van der Waals surface area contributed by atoms with Crippen LogP contribution in [0.4, 0.5) is 10.1 Å². The maximum atomic E-state index is 13.8. The van der Waals surface area contributed by atoms with Crippen molar-refractivity contribution in [2.45, 2.75) is 45.7 Å². The number of hydrogen-bond acceptors (Lipinski definition) is 4. The first-order valence-corrected chi connectivity index (χ1v) is 16.2. The number of carbonyl (C=O) groups excluding carboxylic acids is 2. The number of carbonyl (C=O) groups is 2. The Morgan fingerprint density at radius 3 is 2.24 bits per heavy atom. The maximum absolute atomic E-state index is 13.8. The van der Waals surface area contributed by atoms with Crippen molar-refractivity contribution < 1.29 is 22.4 Å². The molecule has 0 aromatic heterocycles. The lowest BCUT2D eigenvalue weighted by molar-refractivity contribution is -0.141. The van der Waals surface area contributed by atoms with Crippen LogP contribution in [0.1, 0.15) is 37.8 Å². The van der Waals surface area contributed by atoms with Crippen molar-refractivity contribution in [2.75, 3.05) is 23.7 Å². The van der Waals surface area contributed by atoms with Crippen molar-refractivity contribution >= 4 is 50.7 Å². The van der Waals surface area contributed by atoms with Crippen LogP contribution in [0.2, 0.25) is 10.0 Å². The highest BCUT2D eigenvalue weighted by molar-refractivity contribution is 7.92. The van der Waals surface area contributed by atoms with Gasteiger partial charge < -0.3 is 10.2 Å². The quantitative estimate of drug-likeness (QED) is 0.232. The minimum Gasteiger partial charge on any atom is -0.354 e. The van der Waals surface area contributed by atoms with Crippen LogP contribution < -0.4 is 9.62 Å². The van der Waals surface area contributed by atoms with E-state index in [1.165, 1.54) is 29.2 Å².